The molecule has 0 radical (unpaired) electrons. The number of alkyl halides is 3. The molecule has 1 aliphatic carbocycles. The van der Waals surface area contributed by atoms with Gasteiger partial charge in [-0.1, -0.05) is 12.8 Å². The van der Waals surface area contributed by atoms with Gasteiger partial charge in [0.1, 0.15) is 6.42 Å². The molecule has 0 aliphatic heterocycles. The molecule has 0 saturated heterocycles. The second kappa shape index (κ2) is 3.98. The van der Waals surface area contributed by atoms with E-state index in [2.05, 4.69) is 5.32 Å². The fourth-order valence-corrected chi connectivity index (χ4v) is 1.07. The van der Waals surface area contributed by atoms with Gasteiger partial charge in [0.2, 0.25) is 5.91 Å². The van der Waals surface area contributed by atoms with Crippen LogP contribution in [0.15, 0.2) is 0 Å². The fourth-order valence-electron chi connectivity index (χ4n) is 1.07. The Morgan fingerprint density at radius 3 is 2.46 bits per heavy atom. The summed E-state index contributed by atoms with van der Waals surface area (Å²) in [6.07, 6.45) is -2.64. The number of halogens is 3. The maximum Gasteiger partial charge on any atom is 0.397 e. The maximum atomic E-state index is 11.6. The van der Waals surface area contributed by atoms with Crippen molar-refractivity contribution in [1.82, 2.24) is 5.32 Å². The zero-order valence-corrected chi connectivity index (χ0v) is 7.16. The van der Waals surface area contributed by atoms with E-state index in [0.717, 1.165) is 19.3 Å². The smallest absolute Gasteiger partial charge is 0.356 e. The Balaban J connectivity index is 2.02. The molecular formula is C8H12F3NO. The van der Waals surface area contributed by atoms with Gasteiger partial charge in [0.25, 0.3) is 0 Å². The molecule has 0 atom stereocenters. The van der Waals surface area contributed by atoms with Gasteiger partial charge in [-0.2, -0.15) is 13.2 Å². The van der Waals surface area contributed by atoms with Gasteiger partial charge < -0.3 is 5.32 Å². The fraction of sp³-hybridized carbons (Fsp3) is 0.875. The standard InChI is InChI=1S/C8H12F3NO/c9-8(10,11)5-7(13)12-4-3-6-1-2-6/h6H,1-5H2,(H,12,13). The lowest BCUT2D eigenvalue weighted by atomic mass is 10.3. The van der Waals surface area contributed by atoms with Gasteiger partial charge >= 0.3 is 6.18 Å². The van der Waals surface area contributed by atoms with E-state index in [1.54, 1.807) is 0 Å². The number of carbonyl (C=O) groups excluding carboxylic acids is 1. The van der Waals surface area contributed by atoms with Crippen LogP contribution in [0.2, 0.25) is 0 Å². The van der Waals surface area contributed by atoms with Gasteiger partial charge in [0, 0.05) is 6.54 Å². The lowest BCUT2D eigenvalue weighted by Crippen LogP contribution is -2.29. The molecule has 0 heterocycles. The highest BCUT2D eigenvalue weighted by Gasteiger charge is 2.31. The zero-order chi connectivity index (χ0) is 9.90. The molecule has 13 heavy (non-hydrogen) atoms. The lowest BCUT2D eigenvalue weighted by molar-refractivity contribution is -0.153. The maximum absolute atomic E-state index is 11.6. The van der Waals surface area contributed by atoms with E-state index in [-0.39, 0.29) is 0 Å². The van der Waals surface area contributed by atoms with E-state index < -0.39 is 18.5 Å². The van der Waals surface area contributed by atoms with E-state index in [1.165, 1.54) is 0 Å². The molecule has 0 aromatic heterocycles. The summed E-state index contributed by atoms with van der Waals surface area (Å²) in [4.78, 5) is 10.6. The largest absolute Gasteiger partial charge is 0.397 e. The van der Waals surface area contributed by atoms with Gasteiger partial charge in [-0.25, -0.2) is 0 Å². The molecule has 0 spiro atoms. The molecule has 0 aromatic rings. The van der Waals surface area contributed by atoms with Crippen molar-refractivity contribution in [3.05, 3.63) is 0 Å². The van der Waals surface area contributed by atoms with E-state index in [9.17, 15) is 18.0 Å². The van der Waals surface area contributed by atoms with Crippen molar-refractivity contribution >= 4 is 5.91 Å². The number of carbonyl (C=O) groups is 1. The van der Waals surface area contributed by atoms with Gasteiger partial charge in [-0.15, -0.1) is 0 Å². The number of nitrogens with one attached hydrogen (secondary N) is 1. The van der Waals surface area contributed by atoms with Crippen LogP contribution in [0, 0.1) is 5.92 Å². The summed E-state index contributed by atoms with van der Waals surface area (Å²) in [6.45, 7) is 0.375. The molecule has 1 saturated carbocycles. The number of hydrogen-bond donors (Lipinski definition) is 1. The number of amides is 1. The molecule has 1 aliphatic rings. The molecule has 0 unspecified atom stereocenters. The van der Waals surface area contributed by atoms with E-state index in [1.807, 2.05) is 0 Å². The topological polar surface area (TPSA) is 29.1 Å². The molecular weight excluding hydrogens is 183 g/mol. The monoisotopic (exact) mass is 195 g/mol. The first-order valence-electron chi connectivity index (χ1n) is 4.31. The Morgan fingerprint density at radius 2 is 2.00 bits per heavy atom. The van der Waals surface area contributed by atoms with Crippen molar-refractivity contribution in [2.75, 3.05) is 6.54 Å². The van der Waals surface area contributed by atoms with Crippen LogP contribution in [0.1, 0.15) is 25.7 Å². The molecule has 2 nitrogen and oxygen atoms in total. The van der Waals surface area contributed by atoms with E-state index in [0.29, 0.717) is 12.5 Å². The van der Waals surface area contributed by atoms with Crippen LogP contribution in [0.3, 0.4) is 0 Å². The van der Waals surface area contributed by atoms with Crippen LogP contribution in [-0.4, -0.2) is 18.6 Å². The molecule has 0 bridgehead atoms. The lowest BCUT2D eigenvalue weighted by Gasteiger charge is -2.06. The van der Waals surface area contributed by atoms with Crippen LogP contribution < -0.4 is 5.32 Å². The minimum absolute atomic E-state index is 0.375. The third kappa shape index (κ3) is 5.49. The van der Waals surface area contributed by atoms with Crippen molar-refractivity contribution in [2.24, 2.45) is 5.92 Å². The summed E-state index contributed by atoms with van der Waals surface area (Å²) in [5.41, 5.74) is 0. The first kappa shape index (κ1) is 10.3. The summed E-state index contributed by atoms with van der Waals surface area (Å²) in [5, 5.41) is 2.25. The second-order valence-electron chi connectivity index (χ2n) is 3.37. The minimum atomic E-state index is -4.39. The van der Waals surface area contributed by atoms with E-state index in [4.69, 9.17) is 0 Å². The molecule has 76 valence electrons. The van der Waals surface area contributed by atoms with Crippen molar-refractivity contribution in [2.45, 2.75) is 31.9 Å². The summed E-state index contributed by atoms with van der Waals surface area (Å²) in [6, 6.07) is 0. The Morgan fingerprint density at radius 1 is 1.38 bits per heavy atom. The molecule has 1 rings (SSSR count). The van der Waals surface area contributed by atoms with Crippen molar-refractivity contribution in [3.8, 4) is 0 Å². The first-order valence-corrected chi connectivity index (χ1v) is 4.31. The summed E-state index contributed by atoms with van der Waals surface area (Å²) in [5.74, 6) is -0.292. The third-order valence-corrected chi connectivity index (χ3v) is 1.93. The first-order chi connectivity index (χ1) is 5.97. The molecule has 1 fully saturated rings. The Kier molecular flexibility index (Phi) is 3.17. The third-order valence-electron chi connectivity index (χ3n) is 1.93. The Hall–Kier alpha value is -0.740. The second-order valence-corrected chi connectivity index (χ2v) is 3.37. The summed E-state index contributed by atoms with van der Waals surface area (Å²) >= 11 is 0. The molecule has 0 aromatic carbocycles. The van der Waals surface area contributed by atoms with Gasteiger partial charge in [0.15, 0.2) is 0 Å². The highest BCUT2D eigenvalue weighted by atomic mass is 19.4. The average molecular weight is 195 g/mol. The van der Waals surface area contributed by atoms with Gasteiger partial charge in [-0.05, 0) is 12.3 Å². The van der Waals surface area contributed by atoms with Gasteiger partial charge in [-0.3, -0.25) is 4.79 Å². The van der Waals surface area contributed by atoms with Crippen molar-refractivity contribution < 1.29 is 18.0 Å². The molecule has 1 amide bonds. The van der Waals surface area contributed by atoms with Crippen LogP contribution in [-0.2, 0) is 4.79 Å². The number of rotatable bonds is 4. The van der Waals surface area contributed by atoms with Crippen LogP contribution in [0.25, 0.3) is 0 Å². The van der Waals surface area contributed by atoms with Gasteiger partial charge in [0.05, 0.1) is 0 Å². The predicted molar refractivity (Wildman–Crippen MR) is 41.0 cm³/mol. The van der Waals surface area contributed by atoms with E-state index >= 15 is 0 Å². The summed E-state index contributed by atoms with van der Waals surface area (Å²) in [7, 11) is 0. The molecule has 5 heteroatoms. The van der Waals surface area contributed by atoms with Crippen molar-refractivity contribution in [3.63, 3.8) is 0 Å². The summed E-state index contributed by atoms with van der Waals surface area (Å²) < 4.78 is 34.9. The Bertz CT molecular complexity index is 186. The highest BCUT2D eigenvalue weighted by Crippen LogP contribution is 2.31. The van der Waals surface area contributed by atoms with Crippen LogP contribution in [0.5, 0.6) is 0 Å². The SMILES string of the molecule is O=C(CC(F)(F)F)NCCC1CC1. The normalized spacial score (nSPS) is 17.2. The van der Waals surface area contributed by atoms with Crippen LogP contribution in [0.4, 0.5) is 13.2 Å². The number of hydrogen-bond acceptors (Lipinski definition) is 1. The zero-order valence-electron chi connectivity index (χ0n) is 7.16. The average Bonchev–Trinajstić information content (AvgIpc) is 2.66. The predicted octanol–water partition coefficient (Wildman–Crippen LogP) is 1.86. The Labute approximate surface area is 74.5 Å². The quantitative estimate of drug-likeness (QED) is 0.728. The minimum Gasteiger partial charge on any atom is -0.356 e. The van der Waals surface area contributed by atoms with Crippen molar-refractivity contribution in [1.29, 1.82) is 0 Å². The molecule has 1 N–H and O–H groups in total. The van der Waals surface area contributed by atoms with Crippen LogP contribution >= 0.6 is 0 Å². The highest BCUT2D eigenvalue weighted by molar-refractivity contribution is 5.76.